The van der Waals surface area contributed by atoms with Crippen LogP contribution >= 0.6 is 0 Å². The van der Waals surface area contributed by atoms with Crippen molar-refractivity contribution in [3.63, 3.8) is 0 Å². The van der Waals surface area contributed by atoms with Crippen molar-refractivity contribution in [3.05, 3.63) is 29.3 Å². The number of aryl methyl sites for hydroxylation is 2. The molecule has 0 aliphatic rings. The molecule has 0 radical (unpaired) electrons. The van der Waals surface area contributed by atoms with Gasteiger partial charge in [-0.2, -0.15) is 0 Å². The van der Waals surface area contributed by atoms with E-state index in [4.69, 9.17) is 16.2 Å². The van der Waals surface area contributed by atoms with E-state index < -0.39 is 0 Å². The van der Waals surface area contributed by atoms with Crippen molar-refractivity contribution in [2.45, 2.75) is 26.7 Å². The van der Waals surface area contributed by atoms with E-state index in [1.165, 1.54) is 11.1 Å². The predicted molar refractivity (Wildman–Crippen MR) is 72.3 cm³/mol. The first kappa shape index (κ1) is 14.0. The van der Waals surface area contributed by atoms with Gasteiger partial charge in [0, 0.05) is 0 Å². The summed E-state index contributed by atoms with van der Waals surface area (Å²) in [5, 5.41) is 0. The predicted octanol–water partition coefficient (Wildman–Crippen LogP) is 1.86. The zero-order valence-electron chi connectivity index (χ0n) is 10.9. The molecule has 3 nitrogen and oxygen atoms in total. The molecule has 0 aromatic heterocycles. The molecule has 0 aliphatic heterocycles. The lowest BCUT2D eigenvalue weighted by Crippen LogP contribution is -2.23. The van der Waals surface area contributed by atoms with Gasteiger partial charge in [0.05, 0.1) is 6.61 Å². The van der Waals surface area contributed by atoms with Crippen molar-refractivity contribution in [1.82, 2.24) is 0 Å². The van der Waals surface area contributed by atoms with Crippen molar-refractivity contribution in [1.29, 1.82) is 0 Å². The van der Waals surface area contributed by atoms with Crippen LogP contribution in [0.15, 0.2) is 18.2 Å². The molecule has 1 aromatic carbocycles. The topological polar surface area (TPSA) is 61.3 Å². The third kappa shape index (κ3) is 4.36. The van der Waals surface area contributed by atoms with E-state index in [0.29, 0.717) is 25.6 Å². The number of benzene rings is 1. The van der Waals surface area contributed by atoms with Crippen molar-refractivity contribution in [2.75, 3.05) is 19.7 Å². The summed E-state index contributed by atoms with van der Waals surface area (Å²) in [7, 11) is 0. The third-order valence-electron chi connectivity index (χ3n) is 3.11. The molecular formula is C14H24N2O. The second kappa shape index (κ2) is 7.30. The fourth-order valence-corrected chi connectivity index (χ4v) is 1.90. The largest absolute Gasteiger partial charge is 0.494 e. The number of rotatable bonds is 7. The van der Waals surface area contributed by atoms with Crippen LogP contribution in [0.3, 0.4) is 0 Å². The number of ether oxygens (including phenoxy) is 1. The van der Waals surface area contributed by atoms with Gasteiger partial charge in [-0.15, -0.1) is 0 Å². The van der Waals surface area contributed by atoms with Gasteiger partial charge in [-0.1, -0.05) is 6.07 Å². The minimum atomic E-state index is 0.431. The molecule has 96 valence electrons. The highest BCUT2D eigenvalue weighted by atomic mass is 16.5. The van der Waals surface area contributed by atoms with Crippen LogP contribution in [0.5, 0.6) is 5.75 Å². The van der Waals surface area contributed by atoms with Gasteiger partial charge in [-0.05, 0) is 69.0 Å². The van der Waals surface area contributed by atoms with Crippen LogP contribution in [-0.4, -0.2) is 19.7 Å². The monoisotopic (exact) mass is 236 g/mol. The quantitative estimate of drug-likeness (QED) is 0.759. The molecule has 0 bridgehead atoms. The van der Waals surface area contributed by atoms with Crippen LogP contribution in [0.1, 0.15) is 24.5 Å². The molecule has 0 unspecified atom stereocenters. The van der Waals surface area contributed by atoms with E-state index in [9.17, 15) is 0 Å². The van der Waals surface area contributed by atoms with E-state index in [1.54, 1.807) is 0 Å². The Morgan fingerprint density at radius 2 is 1.94 bits per heavy atom. The minimum Gasteiger partial charge on any atom is -0.494 e. The minimum absolute atomic E-state index is 0.431. The zero-order valence-corrected chi connectivity index (χ0v) is 10.9. The summed E-state index contributed by atoms with van der Waals surface area (Å²) in [6, 6.07) is 6.27. The summed E-state index contributed by atoms with van der Waals surface area (Å²) >= 11 is 0. The van der Waals surface area contributed by atoms with Crippen molar-refractivity contribution >= 4 is 0 Å². The van der Waals surface area contributed by atoms with Gasteiger partial charge in [0.15, 0.2) is 0 Å². The fraction of sp³-hybridized carbons (Fsp3) is 0.571. The van der Waals surface area contributed by atoms with Gasteiger partial charge in [0.1, 0.15) is 5.75 Å². The highest BCUT2D eigenvalue weighted by Crippen LogP contribution is 2.19. The molecule has 0 heterocycles. The summed E-state index contributed by atoms with van der Waals surface area (Å²) in [6.07, 6.45) is 2.10. The van der Waals surface area contributed by atoms with E-state index in [-0.39, 0.29) is 0 Å². The Hall–Kier alpha value is -1.06. The Balaban J connectivity index is 2.59. The normalized spacial score (nSPS) is 10.9. The lowest BCUT2D eigenvalue weighted by molar-refractivity contribution is 0.340. The molecule has 0 aliphatic carbocycles. The van der Waals surface area contributed by atoms with Gasteiger partial charge in [0.25, 0.3) is 0 Å². The third-order valence-corrected chi connectivity index (χ3v) is 3.11. The molecule has 3 heteroatoms. The van der Waals surface area contributed by atoms with Gasteiger partial charge < -0.3 is 16.2 Å². The highest BCUT2D eigenvalue weighted by molar-refractivity contribution is 5.34. The summed E-state index contributed by atoms with van der Waals surface area (Å²) in [6.45, 7) is 6.18. The maximum absolute atomic E-state index is 5.65. The van der Waals surface area contributed by atoms with E-state index in [1.807, 2.05) is 13.0 Å². The first-order chi connectivity index (χ1) is 8.21. The van der Waals surface area contributed by atoms with Crippen LogP contribution in [-0.2, 0) is 6.42 Å². The van der Waals surface area contributed by atoms with Crippen LogP contribution in [0.25, 0.3) is 0 Å². The van der Waals surface area contributed by atoms with E-state index in [2.05, 4.69) is 19.1 Å². The average molecular weight is 236 g/mol. The van der Waals surface area contributed by atoms with Crippen molar-refractivity contribution in [3.8, 4) is 5.75 Å². The molecule has 17 heavy (non-hydrogen) atoms. The maximum Gasteiger partial charge on any atom is 0.119 e. The molecule has 0 saturated heterocycles. The lowest BCUT2D eigenvalue weighted by atomic mass is 9.97. The van der Waals surface area contributed by atoms with Crippen LogP contribution in [0.4, 0.5) is 0 Å². The Labute approximate surface area is 104 Å². The molecule has 0 atom stereocenters. The SMILES string of the molecule is CCOc1ccc(CCC(CN)CN)c(C)c1. The molecular weight excluding hydrogens is 212 g/mol. The summed E-state index contributed by atoms with van der Waals surface area (Å²) < 4.78 is 5.47. The number of hydrogen-bond donors (Lipinski definition) is 2. The van der Waals surface area contributed by atoms with Gasteiger partial charge in [-0.25, -0.2) is 0 Å². The molecule has 1 aromatic rings. The lowest BCUT2D eigenvalue weighted by Gasteiger charge is -2.13. The number of hydrogen-bond acceptors (Lipinski definition) is 3. The number of nitrogens with two attached hydrogens (primary N) is 2. The summed E-state index contributed by atoms with van der Waals surface area (Å²) in [4.78, 5) is 0. The van der Waals surface area contributed by atoms with Crippen LogP contribution in [0, 0.1) is 12.8 Å². The Bertz CT molecular complexity index is 335. The van der Waals surface area contributed by atoms with Crippen LogP contribution in [0.2, 0.25) is 0 Å². The second-order valence-corrected chi connectivity index (χ2v) is 4.40. The summed E-state index contributed by atoms with van der Waals surface area (Å²) in [5.74, 6) is 1.38. The zero-order chi connectivity index (χ0) is 12.7. The maximum atomic E-state index is 5.65. The first-order valence-electron chi connectivity index (χ1n) is 6.33. The molecule has 0 saturated carbocycles. The molecule has 0 fully saturated rings. The molecule has 0 amide bonds. The highest BCUT2D eigenvalue weighted by Gasteiger charge is 2.06. The Morgan fingerprint density at radius 3 is 2.47 bits per heavy atom. The summed E-state index contributed by atoms with van der Waals surface area (Å²) in [5.41, 5.74) is 13.9. The first-order valence-corrected chi connectivity index (χ1v) is 6.33. The Morgan fingerprint density at radius 1 is 1.24 bits per heavy atom. The average Bonchev–Trinajstić information content (AvgIpc) is 2.33. The fourth-order valence-electron chi connectivity index (χ4n) is 1.90. The second-order valence-electron chi connectivity index (χ2n) is 4.40. The van der Waals surface area contributed by atoms with Gasteiger partial charge >= 0.3 is 0 Å². The van der Waals surface area contributed by atoms with Gasteiger partial charge in [0.2, 0.25) is 0 Å². The van der Waals surface area contributed by atoms with Crippen LogP contribution < -0.4 is 16.2 Å². The van der Waals surface area contributed by atoms with Crippen molar-refractivity contribution in [2.24, 2.45) is 17.4 Å². The molecule has 1 rings (SSSR count). The van der Waals surface area contributed by atoms with Crippen molar-refractivity contribution < 1.29 is 4.74 Å². The standard InChI is InChI=1S/C14H24N2O/c1-3-17-14-7-6-13(11(2)8-14)5-4-12(9-15)10-16/h6-8,12H,3-5,9-10,15-16H2,1-2H3. The molecule has 4 N–H and O–H groups in total. The Kier molecular flexibility index (Phi) is 6.01. The smallest absolute Gasteiger partial charge is 0.119 e. The van der Waals surface area contributed by atoms with Gasteiger partial charge in [-0.3, -0.25) is 0 Å². The van der Waals surface area contributed by atoms with E-state index >= 15 is 0 Å². The molecule has 0 spiro atoms. The van der Waals surface area contributed by atoms with E-state index in [0.717, 1.165) is 18.6 Å².